The minimum atomic E-state index is -0.848. The molecule has 8 aliphatic rings. The number of nitrogens with zero attached hydrogens (tertiary/aromatic N) is 7. The molecule has 0 unspecified atom stereocenters. The van der Waals surface area contributed by atoms with Gasteiger partial charge in [-0.1, -0.05) is 24.6 Å². The van der Waals surface area contributed by atoms with E-state index >= 15 is 0 Å². The number of unbranched alkanes of at least 4 members (excludes halogenated alkanes) is 2. The van der Waals surface area contributed by atoms with Crippen LogP contribution in [0.25, 0.3) is 0 Å². The van der Waals surface area contributed by atoms with Gasteiger partial charge in [0, 0.05) is 160 Å². The molecule has 3 aromatic rings. The number of hydrogen-bond acceptors (Lipinski definition) is 42. The maximum Gasteiger partial charge on any atom is 0.409 e. The molecule has 7 N–H and O–H groups in total. The zero-order valence-electron chi connectivity index (χ0n) is 78.8. The highest BCUT2D eigenvalue weighted by Crippen LogP contribution is 2.32. The summed E-state index contributed by atoms with van der Waals surface area (Å²) < 4.78 is 64.3. The Morgan fingerprint density at radius 1 is 0.274 bits per heavy atom. The number of rotatable bonds is 35. The summed E-state index contributed by atoms with van der Waals surface area (Å²) in [7, 11) is 9.64. The van der Waals surface area contributed by atoms with Crippen LogP contribution in [-0.4, -0.2) is 310 Å². The first-order valence-electron chi connectivity index (χ1n) is 42.9. The van der Waals surface area contributed by atoms with E-state index in [-0.39, 0.29) is 84.1 Å². The fraction of sp³-hybridized carbons (Fsp3) is 0.333. The molecule has 3 aromatic carbocycles. The predicted octanol–water partition coefficient (Wildman–Crippen LogP) is 0.517. The standard InChI is InChI=1S/C15H20N2O6.C15H14N2O6.2C14H12N2O6.C13H18N2O6.C10H12N2O6.C9H10N2O6/c1-16-15(21)23-9-22-14(20)11-4-2-10(3-5-11)8-17-12(18)6-7-13(17)19;1-16-15(21)23-9-22-14(20)8-10-3-2-4-11(7-10)17-12(18)5-6-13(17)19;1-15-14(20)22-8-21-13(19)9-2-4-10(5-3-9)16-11(17)6-7-12(16)18;1-15-14(20)22-8-21-13(19)9-3-2-4-10(7-9)16-11(17)5-6-12(16)18;1-14-13(19)21-9-20-12(18)5-3-2-4-8-15-10(16)6-7-11(15)17;1-11-10(16)18-6-17-9(15)4-5-12-7(13)2-3-8(12)14;1-10-9(15)17-5-16-8(14)4-11-6(12)2-3-7(11)13/h6-7,10-11H,2-5,8-9H2,1H3,(H,16,21);2-7H,8-9H2,1H3,(H,16,21);2*2-7H,8H2,1H3,(H,15,20);6-7H,2-5,8-9H2,1H3,(H,14,19);2-3H,4-6H2,1H3,(H,11,16);2-3H,4-5H2,1H3,(H,10,15). The van der Waals surface area contributed by atoms with Crippen LogP contribution >= 0.6 is 0 Å². The third kappa shape index (κ3) is 40.8. The van der Waals surface area contributed by atoms with E-state index in [1.54, 1.807) is 24.3 Å². The number of anilines is 3. The number of ether oxygens (including phenoxy) is 14. The highest BCUT2D eigenvalue weighted by atomic mass is 16.7. The lowest BCUT2D eigenvalue weighted by atomic mass is 9.82. The van der Waals surface area contributed by atoms with Gasteiger partial charge in [0.15, 0.2) is 0 Å². The quantitative estimate of drug-likeness (QED) is 0.0139. The van der Waals surface area contributed by atoms with E-state index in [4.69, 9.17) is 18.9 Å². The number of benzene rings is 3. The van der Waals surface area contributed by atoms with E-state index in [1.165, 1.54) is 151 Å². The molecule has 0 saturated heterocycles. The van der Waals surface area contributed by atoms with Crippen LogP contribution in [-0.2, 0) is 164 Å². The van der Waals surface area contributed by atoms with Gasteiger partial charge in [-0.3, -0.25) is 111 Å². The molecule has 1 aliphatic carbocycles. The SMILES string of the molecule is CNC(=O)OCOC(=O)C1CCC(CN2C(=O)C=CC2=O)CC1.CNC(=O)OCOC(=O)CCCCCN1C(=O)C=CC1=O.CNC(=O)OCOC(=O)CCN1C(=O)C=CC1=O.CNC(=O)OCOC(=O)CN1C(=O)C=CC1=O.CNC(=O)OCOC(=O)Cc1cccc(N2C(=O)C=CC2=O)c1.CNC(=O)OCOC(=O)c1ccc(N2C(=O)C=CC2=O)cc1.CNC(=O)OCOC(=O)c1cccc(N2C(=O)C=CC2=O)c1. The number of hydrogen-bond donors (Lipinski definition) is 7. The number of carbonyl (C=O) groups excluding carboxylic acids is 28. The van der Waals surface area contributed by atoms with Gasteiger partial charge >= 0.3 is 84.4 Å². The zero-order chi connectivity index (χ0) is 108. The van der Waals surface area contributed by atoms with Gasteiger partial charge in [0.25, 0.3) is 82.7 Å². The Bertz CT molecular complexity index is 5510. The van der Waals surface area contributed by atoms with Crippen LogP contribution in [0.5, 0.6) is 0 Å². The fourth-order valence-electron chi connectivity index (χ4n) is 11.9. The van der Waals surface area contributed by atoms with Crippen LogP contribution in [0.3, 0.4) is 0 Å². The Kier molecular flexibility index (Phi) is 50.0. The lowest BCUT2D eigenvalue weighted by Crippen LogP contribution is -2.36. The molecular formula is C90H98N14O42. The van der Waals surface area contributed by atoms with E-state index in [0.29, 0.717) is 67.0 Å². The van der Waals surface area contributed by atoms with Crippen molar-refractivity contribution in [3.8, 4) is 0 Å². The van der Waals surface area contributed by atoms with Gasteiger partial charge in [-0.05, 0) is 105 Å². The number of amides is 21. The highest BCUT2D eigenvalue weighted by Gasteiger charge is 2.35. The fourth-order valence-corrected chi connectivity index (χ4v) is 11.9. The van der Waals surface area contributed by atoms with Crippen molar-refractivity contribution in [1.82, 2.24) is 56.8 Å². The summed E-state index contributed by atoms with van der Waals surface area (Å²) >= 11 is 0. The summed E-state index contributed by atoms with van der Waals surface area (Å²) in [5.74, 6) is -10.4. The normalized spacial score (nSPS) is 15.0. The van der Waals surface area contributed by atoms with Crippen LogP contribution in [0, 0.1) is 11.8 Å². The maximum absolute atomic E-state index is 11.9. The number of nitrogens with one attached hydrogen (secondary N) is 7. The first-order chi connectivity index (χ1) is 69.7. The van der Waals surface area contributed by atoms with Crippen molar-refractivity contribution in [2.75, 3.05) is 138 Å². The van der Waals surface area contributed by atoms with Gasteiger partial charge in [-0.25, -0.2) is 57.9 Å². The minimum Gasteiger partial charge on any atom is -0.428 e. The van der Waals surface area contributed by atoms with Gasteiger partial charge in [-0.2, -0.15) is 0 Å². The van der Waals surface area contributed by atoms with Crippen LogP contribution in [0.4, 0.5) is 50.6 Å². The molecule has 56 heteroatoms. The van der Waals surface area contributed by atoms with Crippen molar-refractivity contribution in [3.63, 3.8) is 0 Å². The smallest absolute Gasteiger partial charge is 0.409 e. The van der Waals surface area contributed by atoms with Gasteiger partial charge in [-0.15, -0.1) is 0 Å². The largest absolute Gasteiger partial charge is 0.428 e. The maximum atomic E-state index is 11.9. The van der Waals surface area contributed by atoms with Crippen molar-refractivity contribution >= 4 is 184 Å². The second-order valence-electron chi connectivity index (χ2n) is 28.8. The molecule has 0 aromatic heterocycles. The van der Waals surface area contributed by atoms with E-state index < -0.39 is 192 Å². The summed E-state index contributed by atoms with van der Waals surface area (Å²) in [6, 6.07) is 17.9. The molecule has 1 fully saturated rings. The lowest BCUT2D eigenvalue weighted by Gasteiger charge is -2.29. The Morgan fingerprint density at radius 2 is 0.589 bits per heavy atom. The third-order valence-electron chi connectivity index (χ3n) is 19.2. The Balaban J connectivity index is 0.000000300. The molecule has 0 bridgehead atoms. The zero-order valence-corrected chi connectivity index (χ0v) is 78.8. The molecule has 11 rings (SSSR count). The molecule has 21 amide bonds. The minimum absolute atomic E-state index is 0.0660. The molecule has 7 heterocycles. The van der Waals surface area contributed by atoms with Gasteiger partial charge < -0.3 is 104 Å². The van der Waals surface area contributed by atoms with Crippen molar-refractivity contribution in [1.29, 1.82) is 0 Å². The molecule has 0 atom stereocenters. The molecular weight excluding hydrogens is 1950 g/mol. The number of esters is 7. The van der Waals surface area contributed by atoms with E-state index in [1.807, 2.05) is 0 Å². The molecule has 56 nitrogen and oxygen atoms in total. The van der Waals surface area contributed by atoms with Crippen LogP contribution in [0.15, 0.2) is 158 Å². The molecule has 7 aliphatic heterocycles. The number of imide groups is 7. The molecule has 0 spiro atoms. The number of carbonyl (C=O) groups is 28. The average molecular weight is 2050 g/mol. The second kappa shape index (κ2) is 62.1. The Labute approximate surface area is 826 Å². The second-order valence-corrected chi connectivity index (χ2v) is 28.8. The predicted molar refractivity (Wildman–Crippen MR) is 484 cm³/mol. The first kappa shape index (κ1) is 117. The molecule has 780 valence electrons. The lowest BCUT2D eigenvalue weighted by molar-refractivity contribution is -0.159. The van der Waals surface area contributed by atoms with E-state index in [9.17, 15) is 134 Å². The summed E-state index contributed by atoms with van der Waals surface area (Å²) in [5.41, 5.74) is 1.83. The van der Waals surface area contributed by atoms with Gasteiger partial charge in [0.2, 0.25) is 47.6 Å². The van der Waals surface area contributed by atoms with E-state index in [2.05, 4.69) is 84.6 Å². The van der Waals surface area contributed by atoms with E-state index in [0.717, 1.165) is 73.8 Å². The first-order valence-corrected chi connectivity index (χ1v) is 42.9. The molecule has 0 radical (unpaired) electrons. The summed E-state index contributed by atoms with van der Waals surface area (Å²) in [5, 5.41) is 15.4. The monoisotopic (exact) mass is 2050 g/mol. The summed E-state index contributed by atoms with van der Waals surface area (Å²) in [6.45, 7) is -3.32. The van der Waals surface area contributed by atoms with Crippen LogP contribution in [0.1, 0.15) is 84.1 Å². The number of alkyl carbamates (subject to hydrolysis) is 7. The van der Waals surface area contributed by atoms with Crippen LogP contribution < -0.4 is 51.9 Å². The summed E-state index contributed by atoms with van der Waals surface area (Å²) in [4.78, 5) is 322. The van der Waals surface area contributed by atoms with Gasteiger partial charge in [0.1, 0.15) is 6.54 Å². The third-order valence-corrected chi connectivity index (χ3v) is 19.2. The summed E-state index contributed by atoms with van der Waals surface area (Å²) in [6.07, 6.45) is 16.0. The Hall–Kier alpha value is -19.0. The Morgan fingerprint density at radius 3 is 0.986 bits per heavy atom. The van der Waals surface area contributed by atoms with Crippen LogP contribution in [0.2, 0.25) is 0 Å². The molecule has 146 heavy (non-hydrogen) atoms. The van der Waals surface area contributed by atoms with Crippen molar-refractivity contribution in [2.24, 2.45) is 11.8 Å². The van der Waals surface area contributed by atoms with Crippen molar-refractivity contribution < 1.29 is 201 Å². The topological polar surface area (TPSA) is 714 Å². The average Bonchev–Trinajstić information content (AvgIpc) is 1.69. The van der Waals surface area contributed by atoms with Crippen molar-refractivity contribution in [3.05, 3.63) is 175 Å². The van der Waals surface area contributed by atoms with Crippen molar-refractivity contribution in [2.45, 2.75) is 64.2 Å². The molecule has 1 saturated carbocycles. The highest BCUT2D eigenvalue weighted by molar-refractivity contribution is 6.30. The van der Waals surface area contributed by atoms with Gasteiger partial charge in [0.05, 0.1) is 46.9 Å².